The van der Waals surface area contributed by atoms with E-state index in [-0.39, 0.29) is 0 Å². The number of hydrogen-bond donors (Lipinski definition) is 1. The monoisotopic (exact) mass is 237 g/mol. The molecule has 1 aromatic carbocycles. The first-order valence-electron chi connectivity index (χ1n) is 4.25. The number of halogens is 1. The molecule has 1 aromatic heterocycles. The molecule has 0 fully saturated rings. The standard InChI is InChI=1S/C10H8ClN3S/c11-7-1-3-8(4-2-7)15-10-6-13-5-9(12)14-10/h1-6H,(H2,12,14). The van der Waals surface area contributed by atoms with Crippen LogP contribution in [0.15, 0.2) is 46.6 Å². The topological polar surface area (TPSA) is 51.8 Å². The van der Waals surface area contributed by atoms with Crippen molar-refractivity contribution in [2.75, 3.05) is 5.73 Å². The van der Waals surface area contributed by atoms with Crippen LogP contribution in [0, 0.1) is 0 Å². The van der Waals surface area contributed by atoms with Crippen molar-refractivity contribution in [3.63, 3.8) is 0 Å². The zero-order chi connectivity index (χ0) is 10.7. The number of nitrogen functional groups attached to an aromatic ring is 1. The zero-order valence-corrected chi connectivity index (χ0v) is 9.29. The van der Waals surface area contributed by atoms with Crippen molar-refractivity contribution < 1.29 is 0 Å². The molecule has 3 nitrogen and oxygen atoms in total. The Morgan fingerprint density at radius 2 is 1.87 bits per heavy atom. The highest BCUT2D eigenvalue weighted by molar-refractivity contribution is 7.99. The van der Waals surface area contributed by atoms with E-state index in [2.05, 4.69) is 9.97 Å². The van der Waals surface area contributed by atoms with E-state index in [1.54, 1.807) is 6.20 Å². The fraction of sp³-hybridized carbons (Fsp3) is 0. The lowest BCUT2D eigenvalue weighted by Gasteiger charge is -2.00. The Morgan fingerprint density at radius 3 is 2.53 bits per heavy atom. The molecule has 2 rings (SSSR count). The van der Waals surface area contributed by atoms with Crippen LogP contribution in [0.2, 0.25) is 5.02 Å². The van der Waals surface area contributed by atoms with Gasteiger partial charge in [-0.25, -0.2) is 4.98 Å². The summed E-state index contributed by atoms with van der Waals surface area (Å²) in [5.41, 5.74) is 5.53. The maximum Gasteiger partial charge on any atom is 0.143 e. The molecule has 0 aliphatic heterocycles. The molecule has 0 amide bonds. The average molecular weight is 238 g/mol. The third-order valence-corrected chi connectivity index (χ3v) is 2.83. The lowest BCUT2D eigenvalue weighted by molar-refractivity contribution is 1.07. The number of benzene rings is 1. The van der Waals surface area contributed by atoms with E-state index in [4.69, 9.17) is 17.3 Å². The molecule has 0 bridgehead atoms. The van der Waals surface area contributed by atoms with Crippen LogP contribution in [-0.2, 0) is 0 Å². The molecule has 0 atom stereocenters. The molecule has 2 aromatic rings. The summed E-state index contributed by atoms with van der Waals surface area (Å²) >= 11 is 7.28. The van der Waals surface area contributed by atoms with E-state index in [0.29, 0.717) is 5.82 Å². The van der Waals surface area contributed by atoms with Crippen LogP contribution in [0.4, 0.5) is 5.82 Å². The van der Waals surface area contributed by atoms with Gasteiger partial charge < -0.3 is 5.73 Å². The number of rotatable bonds is 2. The lowest BCUT2D eigenvalue weighted by atomic mass is 10.4. The Hall–Kier alpha value is -1.26. The Bertz CT molecular complexity index is 458. The highest BCUT2D eigenvalue weighted by atomic mass is 35.5. The van der Waals surface area contributed by atoms with Crippen LogP contribution in [0.1, 0.15) is 0 Å². The van der Waals surface area contributed by atoms with Crippen molar-refractivity contribution in [1.29, 1.82) is 0 Å². The van der Waals surface area contributed by atoms with Gasteiger partial charge in [0.1, 0.15) is 10.8 Å². The van der Waals surface area contributed by atoms with E-state index in [0.717, 1.165) is 14.9 Å². The maximum atomic E-state index is 5.78. The summed E-state index contributed by atoms with van der Waals surface area (Å²) in [6, 6.07) is 7.53. The quantitative estimate of drug-likeness (QED) is 0.873. The van der Waals surface area contributed by atoms with Crippen molar-refractivity contribution in [2.45, 2.75) is 9.92 Å². The summed E-state index contributed by atoms with van der Waals surface area (Å²) in [4.78, 5) is 9.15. The molecule has 0 saturated heterocycles. The number of nitrogens with zero attached hydrogens (tertiary/aromatic N) is 2. The summed E-state index contributed by atoms with van der Waals surface area (Å²) < 4.78 is 0. The summed E-state index contributed by atoms with van der Waals surface area (Å²) in [7, 11) is 0. The van der Waals surface area contributed by atoms with Crippen molar-refractivity contribution in [3.05, 3.63) is 41.7 Å². The molecular weight excluding hydrogens is 230 g/mol. The molecule has 5 heteroatoms. The SMILES string of the molecule is Nc1cncc(Sc2ccc(Cl)cc2)n1. The molecule has 0 radical (unpaired) electrons. The van der Waals surface area contributed by atoms with Gasteiger partial charge in [-0.05, 0) is 24.3 Å². The smallest absolute Gasteiger partial charge is 0.143 e. The van der Waals surface area contributed by atoms with Gasteiger partial charge in [0.2, 0.25) is 0 Å². The first-order chi connectivity index (χ1) is 7.24. The second kappa shape index (κ2) is 4.51. The van der Waals surface area contributed by atoms with Crippen LogP contribution < -0.4 is 5.73 Å². The van der Waals surface area contributed by atoms with E-state index in [9.17, 15) is 0 Å². The van der Waals surface area contributed by atoms with Crippen LogP contribution in [0.3, 0.4) is 0 Å². The fourth-order valence-corrected chi connectivity index (χ4v) is 1.94. The van der Waals surface area contributed by atoms with E-state index in [1.165, 1.54) is 18.0 Å². The Labute approximate surface area is 96.7 Å². The lowest BCUT2D eigenvalue weighted by Crippen LogP contribution is -1.91. The van der Waals surface area contributed by atoms with Crippen molar-refractivity contribution in [1.82, 2.24) is 9.97 Å². The van der Waals surface area contributed by atoms with Crippen LogP contribution in [0.25, 0.3) is 0 Å². The molecule has 0 aliphatic rings. The minimum Gasteiger partial charge on any atom is -0.382 e. The van der Waals surface area contributed by atoms with Gasteiger partial charge in [-0.15, -0.1) is 0 Å². The summed E-state index contributed by atoms with van der Waals surface area (Å²) in [6.45, 7) is 0. The summed E-state index contributed by atoms with van der Waals surface area (Å²) in [5.74, 6) is 0.425. The second-order valence-electron chi connectivity index (χ2n) is 2.84. The molecular formula is C10H8ClN3S. The van der Waals surface area contributed by atoms with Gasteiger partial charge in [-0.1, -0.05) is 23.4 Å². The maximum absolute atomic E-state index is 5.78. The Balaban J connectivity index is 2.18. The minimum atomic E-state index is 0.425. The molecule has 0 spiro atoms. The third-order valence-electron chi connectivity index (χ3n) is 1.67. The molecule has 15 heavy (non-hydrogen) atoms. The number of hydrogen-bond acceptors (Lipinski definition) is 4. The first kappa shape index (κ1) is 10.3. The van der Waals surface area contributed by atoms with Gasteiger partial charge in [0.05, 0.1) is 12.4 Å². The number of nitrogens with two attached hydrogens (primary N) is 1. The predicted molar refractivity (Wildman–Crippen MR) is 62.0 cm³/mol. The van der Waals surface area contributed by atoms with Gasteiger partial charge in [0.25, 0.3) is 0 Å². The van der Waals surface area contributed by atoms with Gasteiger partial charge in [0, 0.05) is 9.92 Å². The van der Waals surface area contributed by atoms with Crippen molar-refractivity contribution in [3.8, 4) is 0 Å². The largest absolute Gasteiger partial charge is 0.382 e. The van der Waals surface area contributed by atoms with Crippen LogP contribution in [0.5, 0.6) is 0 Å². The van der Waals surface area contributed by atoms with E-state index >= 15 is 0 Å². The summed E-state index contributed by atoms with van der Waals surface area (Å²) in [6.07, 6.45) is 3.20. The van der Waals surface area contributed by atoms with Gasteiger partial charge >= 0.3 is 0 Å². The van der Waals surface area contributed by atoms with Crippen molar-refractivity contribution >= 4 is 29.2 Å². The molecule has 76 valence electrons. The molecule has 2 N–H and O–H groups in total. The molecule has 0 saturated carbocycles. The Morgan fingerprint density at radius 1 is 1.13 bits per heavy atom. The van der Waals surface area contributed by atoms with Gasteiger partial charge in [-0.2, -0.15) is 0 Å². The average Bonchev–Trinajstić information content (AvgIpc) is 2.22. The highest BCUT2D eigenvalue weighted by Gasteiger charge is 1.99. The fourth-order valence-electron chi connectivity index (χ4n) is 1.03. The van der Waals surface area contributed by atoms with Crippen LogP contribution >= 0.6 is 23.4 Å². The number of anilines is 1. The summed E-state index contributed by atoms with van der Waals surface area (Å²) in [5, 5.41) is 1.50. The normalized spacial score (nSPS) is 10.2. The van der Waals surface area contributed by atoms with Gasteiger partial charge in [-0.3, -0.25) is 4.98 Å². The first-order valence-corrected chi connectivity index (χ1v) is 5.44. The molecule has 1 heterocycles. The van der Waals surface area contributed by atoms with E-state index in [1.807, 2.05) is 24.3 Å². The Kier molecular flexibility index (Phi) is 3.08. The number of aromatic nitrogens is 2. The minimum absolute atomic E-state index is 0.425. The van der Waals surface area contributed by atoms with E-state index < -0.39 is 0 Å². The third kappa shape index (κ3) is 2.84. The molecule has 0 unspecified atom stereocenters. The van der Waals surface area contributed by atoms with Crippen LogP contribution in [-0.4, -0.2) is 9.97 Å². The second-order valence-corrected chi connectivity index (χ2v) is 4.37. The van der Waals surface area contributed by atoms with Crippen molar-refractivity contribution in [2.24, 2.45) is 0 Å². The highest BCUT2D eigenvalue weighted by Crippen LogP contribution is 2.26. The molecule has 0 aliphatic carbocycles. The zero-order valence-electron chi connectivity index (χ0n) is 7.72. The van der Waals surface area contributed by atoms with Gasteiger partial charge in [0.15, 0.2) is 0 Å². The predicted octanol–water partition coefficient (Wildman–Crippen LogP) is 2.86.